The maximum Gasteiger partial charge on any atom is 0.0221 e. The van der Waals surface area contributed by atoms with E-state index in [4.69, 9.17) is 5.73 Å². The molecule has 5 fully saturated rings. The largest absolute Gasteiger partial charge is 0.329 e. The van der Waals surface area contributed by atoms with Crippen LogP contribution in [-0.2, 0) is 0 Å². The van der Waals surface area contributed by atoms with Crippen molar-refractivity contribution in [2.24, 2.45) is 35.3 Å². The topological polar surface area (TPSA) is 29.3 Å². The summed E-state index contributed by atoms with van der Waals surface area (Å²) in [5.74, 6) is 5.41. The number of hydrogen-bond donors (Lipinski definition) is 1. The van der Waals surface area contributed by atoms with Crippen LogP contribution in [0, 0.1) is 29.6 Å². The molecule has 4 saturated carbocycles. The summed E-state index contributed by atoms with van der Waals surface area (Å²) in [5.41, 5.74) is 6.11. The monoisotopic (exact) mass is 262 g/mol. The van der Waals surface area contributed by atoms with E-state index in [1.807, 2.05) is 0 Å². The highest BCUT2D eigenvalue weighted by atomic mass is 15.2. The molecule has 0 aromatic rings. The lowest BCUT2D eigenvalue weighted by Gasteiger charge is -2.55. The van der Waals surface area contributed by atoms with Gasteiger partial charge in [-0.15, -0.1) is 0 Å². The molecular weight excluding hydrogens is 232 g/mol. The standard InChI is InChI=1S/C17H30N2/c18-11-16(19-3-1-2-4-19)10-17-14-6-12-5-13(8-14)9-15(17)7-12/h12-17H,1-11,18H2. The van der Waals surface area contributed by atoms with Gasteiger partial charge in [0.2, 0.25) is 0 Å². The molecule has 1 unspecified atom stereocenters. The predicted octanol–water partition coefficient (Wildman–Crippen LogP) is 2.87. The van der Waals surface area contributed by atoms with E-state index >= 15 is 0 Å². The third-order valence-corrected chi connectivity index (χ3v) is 6.90. The molecule has 0 radical (unpaired) electrons. The molecule has 2 nitrogen and oxygen atoms in total. The summed E-state index contributed by atoms with van der Waals surface area (Å²) < 4.78 is 0. The second-order valence-electron chi connectivity index (χ2n) is 7.96. The minimum Gasteiger partial charge on any atom is -0.329 e. The lowest BCUT2D eigenvalue weighted by atomic mass is 9.51. The van der Waals surface area contributed by atoms with Crippen LogP contribution in [-0.4, -0.2) is 30.6 Å². The summed E-state index contributed by atoms with van der Waals surface area (Å²) in [4.78, 5) is 2.70. The zero-order chi connectivity index (χ0) is 12.8. The number of rotatable bonds is 4. The molecule has 5 rings (SSSR count). The molecule has 2 heteroatoms. The Labute approximate surface area is 118 Å². The van der Waals surface area contributed by atoms with Crippen molar-refractivity contribution in [1.29, 1.82) is 0 Å². The molecule has 1 heterocycles. The molecule has 5 aliphatic rings. The molecule has 19 heavy (non-hydrogen) atoms. The maximum atomic E-state index is 6.11. The van der Waals surface area contributed by atoms with Gasteiger partial charge in [0, 0.05) is 12.6 Å². The van der Waals surface area contributed by atoms with E-state index in [9.17, 15) is 0 Å². The van der Waals surface area contributed by atoms with E-state index in [-0.39, 0.29) is 0 Å². The summed E-state index contributed by atoms with van der Waals surface area (Å²) in [6.45, 7) is 3.52. The van der Waals surface area contributed by atoms with Gasteiger partial charge in [-0.05, 0) is 94.0 Å². The molecule has 0 spiro atoms. The minimum atomic E-state index is 0.699. The second kappa shape index (κ2) is 5.04. The van der Waals surface area contributed by atoms with E-state index in [0.717, 1.165) is 36.1 Å². The molecule has 0 aromatic carbocycles. The first-order valence-corrected chi connectivity index (χ1v) is 8.77. The van der Waals surface area contributed by atoms with Gasteiger partial charge in [0.1, 0.15) is 0 Å². The fourth-order valence-electron chi connectivity index (χ4n) is 6.24. The molecule has 108 valence electrons. The van der Waals surface area contributed by atoms with Gasteiger partial charge in [-0.2, -0.15) is 0 Å². The lowest BCUT2D eigenvalue weighted by Crippen LogP contribution is -2.49. The zero-order valence-corrected chi connectivity index (χ0v) is 12.3. The van der Waals surface area contributed by atoms with Crippen molar-refractivity contribution in [3.63, 3.8) is 0 Å². The fraction of sp³-hybridized carbons (Fsp3) is 1.00. The third-order valence-electron chi connectivity index (χ3n) is 6.90. The predicted molar refractivity (Wildman–Crippen MR) is 78.8 cm³/mol. The van der Waals surface area contributed by atoms with Crippen molar-refractivity contribution in [2.75, 3.05) is 19.6 Å². The van der Waals surface area contributed by atoms with Gasteiger partial charge in [-0.25, -0.2) is 0 Å². The first-order chi connectivity index (χ1) is 9.33. The quantitative estimate of drug-likeness (QED) is 0.844. The Hall–Kier alpha value is -0.0800. The minimum absolute atomic E-state index is 0.699. The van der Waals surface area contributed by atoms with Crippen LogP contribution in [0.3, 0.4) is 0 Å². The number of hydrogen-bond acceptors (Lipinski definition) is 2. The Morgan fingerprint density at radius 3 is 2.00 bits per heavy atom. The average Bonchev–Trinajstić information content (AvgIpc) is 2.91. The van der Waals surface area contributed by atoms with Crippen LogP contribution in [0.2, 0.25) is 0 Å². The Morgan fingerprint density at radius 1 is 0.895 bits per heavy atom. The first-order valence-electron chi connectivity index (χ1n) is 8.77. The zero-order valence-electron chi connectivity index (χ0n) is 12.3. The van der Waals surface area contributed by atoms with E-state index < -0.39 is 0 Å². The van der Waals surface area contributed by atoms with E-state index in [1.165, 1.54) is 32.4 Å². The third kappa shape index (κ3) is 2.25. The summed E-state index contributed by atoms with van der Waals surface area (Å²) in [6, 6.07) is 0.699. The van der Waals surface area contributed by atoms with Crippen molar-refractivity contribution in [2.45, 2.75) is 57.4 Å². The van der Waals surface area contributed by atoms with Gasteiger partial charge in [0.05, 0.1) is 0 Å². The van der Waals surface area contributed by atoms with Gasteiger partial charge in [0.25, 0.3) is 0 Å². The molecular formula is C17H30N2. The van der Waals surface area contributed by atoms with Gasteiger partial charge >= 0.3 is 0 Å². The summed E-state index contributed by atoms with van der Waals surface area (Å²) in [7, 11) is 0. The molecule has 1 atom stereocenters. The number of nitrogens with zero attached hydrogens (tertiary/aromatic N) is 1. The SMILES string of the molecule is NCC(CC1C2CC3CC(C2)CC1C3)N1CCCC1. The second-order valence-corrected chi connectivity index (χ2v) is 7.96. The van der Waals surface area contributed by atoms with Crippen molar-refractivity contribution in [3.8, 4) is 0 Å². The summed E-state index contributed by atoms with van der Waals surface area (Å²) in [6.07, 6.45) is 12.1. The molecule has 0 amide bonds. The van der Waals surface area contributed by atoms with E-state index in [2.05, 4.69) is 4.90 Å². The van der Waals surface area contributed by atoms with Crippen LogP contribution < -0.4 is 5.73 Å². The Morgan fingerprint density at radius 2 is 1.47 bits per heavy atom. The lowest BCUT2D eigenvalue weighted by molar-refractivity contribution is -0.0480. The van der Waals surface area contributed by atoms with Crippen molar-refractivity contribution in [1.82, 2.24) is 4.90 Å². The smallest absolute Gasteiger partial charge is 0.0221 e. The Balaban J connectivity index is 1.44. The Bertz CT molecular complexity index is 293. The first kappa shape index (κ1) is 12.6. The molecule has 0 aromatic heterocycles. The van der Waals surface area contributed by atoms with Gasteiger partial charge in [-0.3, -0.25) is 4.90 Å². The maximum absolute atomic E-state index is 6.11. The summed E-state index contributed by atoms with van der Waals surface area (Å²) in [5, 5.41) is 0. The molecule has 2 N–H and O–H groups in total. The van der Waals surface area contributed by atoms with Crippen LogP contribution in [0.15, 0.2) is 0 Å². The Kier molecular flexibility index (Phi) is 3.35. The van der Waals surface area contributed by atoms with Crippen LogP contribution in [0.4, 0.5) is 0 Å². The number of nitrogens with two attached hydrogens (primary N) is 1. The highest BCUT2D eigenvalue weighted by molar-refractivity contribution is 4.99. The van der Waals surface area contributed by atoms with E-state index in [1.54, 1.807) is 32.1 Å². The number of likely N-dealkylation sites (tertiary alicyclic amines) is 1. The molecule has 4 aliphatic carbocycles. The molecule has 1 saturated heterocycles. The van der Waals surface area contributed by atoms with Crippen LogP contribution in [0.25, 0.3) is 0 Å². The van der Waals surface area contributed by atoms with Gasteiger partial charge in [0.15, 0.2) is 0 Å². The van der Waals surface area contributed by atoms with Crippen molar-refractivity contribution < 1.29 is 0 Å². The summed E-state index contributed by atoms with van der Waals surface area (Å²) >= 11 is 0. The van der Waals surface area contributed by atoms with Crippen LogP contribution in [0.5, 0.6) is 0 Å². The highest BCUT2D eigenvalue weighted by Crippen LogP contribution is 2.57. The normalized spacial score (nSPS) is 46.9. The van der Waals surface area contributed by atoms with Crippen LogP contribution >= 0.6 is 0 Å². The average molecular weight is 262 g/mol. The van der Waals surface area contributed by atoms with Crippen LogP contribution in [0.1, 0.15) is 51.4 Å². The van der Waals surface area contributed by atoms with Gasteiger partial charge < -0.3 is 5.73 Å². The fourth-order valence-corrected chi connectivity index (χ4v) is 6.24. The van der Waals surface area contributed by atoms with E-state index in [0.29, 0.717) is 6.04 Å². The molecule has 4 bridgehead atoms. The van der Waals surface area contributed by atoms with Crippen molar-refractivity contribution >= 4 is 0 Å². The van der Waals surface area contributed by atoms with Crippen molar-refractivity contribution in [3.05, 3.63) is 0 Å². The highest BCUT2D eigenvalue weighted by Gasteiger charge is 2.48. The van der Waals surface area contributed by atoms with Gasteiger partial charge in [-0.1, -0.05) is 0 Å². The molecule has 1 aliphatic heterocycles.